The molecule has 3 nitrogen and oxygen atoms in total. The lowest BCUT2D eigenvalue weighted by atomic mass is 9.80. The van der Waals surface area contributed by atoms with Gasteiger partial charge < -0.3 is 0 Å². The van der Waals surface area contributed by atoms with Crippen molar-refractivity contribution in [2.75, 3.05) is 6.61 Å². The summed E-state index contributed by atoms with van der Waals surface area (Å²) in [6.07, 6.45) is -0.477. The van der Waals surface area contributed by atoms with Crippen LogP contribution in [0.3, 0.4) is 0 Å². The largest absolute Gasteiger partial charge is 0.513 e. The van der Waals surface area contributed by atoms with Crippen LogP contribution in [0.2, 0.25) is 0 Å². The molecule has 1 rings (SSSR count). The minimum absolute atomic E-state index is 0.0529. The second-order valence-corrected chi connectivity index (χ2v) is 4.98. The average molecular weight is 208 g/mol. The zero-order chi connectivity index (χ0) is 10.3. The fraction of sp³-hybridized carbons (Fsp3) is 0.750. The summed E-state index contributed by atoms with van der Waals surface area (Å²) >= 11 is 0. The third-order valence-electron chi connectivity index (χ3n) is 2.67. The molecule has 0 aliphatic carbocycles. The highest BCUT2D eigenvalue weighted by Crippen LogP contribution is 2.58. The Morgan fingerprint density at radius 2 is 2.31 bits per heavy atom. The Morgan fingerprint density at radius 3 is 2.69 bits per heavy atom. The number of halogens is 1. The van der Waals surface area contributed by atoms with E-state index in [1.54, 1.807) is 6.92 Å². The van der Waals surface area contributed by atoms with Gasteiger partial charge in [-0.05, 0) is 13.8 Å². The van der Waals surface area contributed by atoms with Gasteiger partial charge in [0.15, 0.2) is 0 Å². The van der Waals surface area contributed by atoms with E-state index < -0.39 is 19.4 Å². The molecule has 3 atom stereocenters. The smallest absolute Gasteiger partial charge is 0.283 e. The first-order valence-corrected chi connectivity index (χ1v) is 5.50. The van der Waals surface area contributed by atoms with Gasteiger partial charge in [0, 0.05) is 5.41 Å². The van der Waals surface area contributed by atoms with Gasteiger partial charge in [-0.3, -0.25) is 9.05 Å². The minimum atomic E-state index is -4.30. The molecule has 0 aromatic carbocycles. The van der Waals surface area contributed by atoms with E-state index >= 15 is 0 Å². The van der Waals surface area contributed by atoms with Crippen LogP contribution in [0.25, 0.3) is 0 Å². The molecule has 1 heterocycles. The Balaban J connectivity index is 2.85. The molecule has 1 aliphatic heterocycles. The van der Waals surface area contributed by atoms with Gasteiger partial charge in [0.05, 0.1) is 12.7 Å². The van der Waals surface area contributed by atoms with Crippen LogP contribution < -0.4 is 0 Å². The maximum Gasteiger partial charge on any atom is 0.513 e. The maximum atomic E-state index is 12.8. The van der Waals surface area contributed by atoms with E-state index in [1.807, 2.05) is 13.8 Å². The molecule has 0 N–H and O–H groups in total. The lowest BCUT2D eigenvalue weighted by Crippen LogP contribution is -2.40. The number of rotatable bonds is 1. The minimum Gasteiger partial charge on any atom is -0.283 e. The van der Waals surface area contributed by atoms with Crippen molar-refractivity contribution in [2.45, 2.75) is 26.9 Å². The van der Waals surface area contributed by atoms with E-state index in [-0.39, 0.29) is 6.61 Å². The van der Waals surface area contributed by atoms with Crippen molar-refractivity contribution >= 4 is 7.91 Å². The van der Waals surface area contributed by atoms with Crippen molar-refractivity contribution in [3.63, 3.8) is 0 Å². The molecule has 1 saturated heterocycles. The normalized spacial score (nSPS) is 46.0. The fourth-order valence-corrected chi connectivity index (χ4v) is 2.23. The molecule has 0 aromatic rings. The fourth-order valence-electron chi connectivity index (χ4n) is 1.13. The molecule has 76 valence electrons. The quantitative estimate of drug-likeness (QED) is 0.490. The Bertz CT molecular complexity index is 279. The summed E-state index contributed by atoms with van der Waals surface area (Å²) < 4.78 is 32.8. The van der Waals surface area contributed by atoms with Crippen molar-refractivity contribution in [1.82, 2.24) is 0 Å². The molecular weight excluding hydrogens is 194 g/mol. The second-order valence-electron chi connectivity index (χ2n) is 3.65. The van der Waals surface area contributed by atoms with E-state index in [2.05, 4.69) is 15.6 Å². The zero-order valence-electron chi connectivity index (χ0n) is 8.04. The van der Waals surface area contributed by atoms with Crippen LogP contribution in [0.5, 0.6) is 0 Å². The molecule has 0 saturated carbocycles. The third kappa shape index (κ3) is 2.01. The Morgan fingerprint density at radius 1 is 1.77 bits per heavy atom. The summed E-state index contributed by atoms with van der Waals surface area (Å²) in [5.41, 5.74) is 0.375. The first kappa shape index (κ1) is 10.9. The van der Waals surface area contributed by atoms with E-state index in [0.29, 0.717) is 0 Å². The summed E-state index contributed by atoms with van der Waals surface area (Å²) in [7, 11) is -4.30. The number of hydrogen-bond donors (Lipinski definition) is 0. The highest BCUT2D eigenvalue weighted by atomic mass is 31.2. The first-order chi connectivity index (χ1) is 5.78. The van der Waals surface area contributed by atoms with E-state index in [1.165, 1.54) is 0 Å². The molecule has 0 bridgehead atoms. The topological polar surface area (TPSA) is 35.5 Å². The van der Waals surface area contributed by atoms with Crippen LogP contribution in [-0.4, -0.2) is 12.7 Å². The van der Waals surface area contributed by atoms with Crippen LogP contribution in [0.1, 0.15) is 20.8 Å². The average Bonchev–Trinajstić information content (AvgIpc) is 1.96. The molecule has 1 fully saturated rings. The van der Waals surface area contributed by atoms with Crippen LogP contribution in [0.4, 0.5) is 4.20 Å². The SMILES string of the molecule is C=C(C)C1(C)COP(=O)(F)OC1C. The van der Waals surface area contributed by atoms with E-state index in [4.69, 9.17) is 0 Å². The van der Waals surface area contributed by atoms with Gasteiger partial charge in [-0.2, -0.15) is 0 Å². The van der Waals surface area contributed by atoms with Crippen molar-refractivity contribution < 1.29 is 17.8 Å². The van der Waals surface area contributed by atoms with Crippen molar-refractivity contribution in [1.29, 1.82) is 0 Å². The van der Waals surface area contributed by atoms with Gasteiger partial charge in [0.1, 0.15) is 0 Å². The standard InChI is InChI=1S/C8H14FO3P/c1-6(2)8(4)5-11-13(9,10)12-7(8)3/h7H,1,5H2,2-4H3. The van der Waals surface area contributed by atoms with Gasteiger partial charge in [-0.1, -0.05) is 19.1 Å². The first-order valence-electron chi connectivity index (χ1n) is 4.06. The molecule has 0 aromatic heterocycles. The van der Waals surface area contributed by atoms with Crippen LogP contribution in [0, 0.1) is 5.41 Å². The molecular formula is C8H14FO3P. The third-order valence-corrected chi connectivity index (χ3v) is 3.68. The second kappa shape index (κ2) is 3.19. The Labute approximate surface area is 77.6 Å². The summed E-state index contributed by atoms with van der Waals surface area (Å²) in [6, 6.07) is 0. The van der Waals surface area contributed by atoms with E-state index in [9.17, 15) is 8.76 Å². The Hall–Kier alpha value is -0.180. The van der Waals surface area contributed by atoms with Gasteiger partial charge >= 0.3 is 7.91 Å². The van der Waals surface area contributed by atoms with Crippen molar-refractivity contribution in [2.24, 2.45) is 5.41 Å². The van der Waals surface area contributed by atoms with Crippen molar-refractivity contribution in [3.8, 4) is 0 Å². The van der Waals surface area contributed by atoms with E-state index in [0.717, 1.165) is 5.57 Å². The van der Waals surface area contributed by atoms with Gasteiger partial charge in [0.2, 0.25) is 0 Å². The highest BCUT2D eigenvalue weighted by molar-refractivity contribution is 7.48. The summed E-state index contributed by atoms with van der Waals surface area (Å²) in [4.78, 5) is 0. The molecule has 3 unspecified atom stereocenters. The summed E-state index contributed by atoms with van der Waals surface area (Å²) in [5.74, 6) is 0. The molecule has 0 radical (unpaired) electrons. The van der Waals surface area contributed by atoms with Crippen molar-refractivity contribution in [3.05, 3.63) is 12.2 Å². The van der Waals surface area contributed by atoms with Gasteiger partial charge in [-0.15, -0.1) is 4.20 Å². The van der Waals surface area contributed by atoms with Gasteiger partial charge in [-0.25, -0.2) is 4.57 Å². The predicted molar refractivity (Wildman–Crippen MR) is 48.1 cm³/mol. The lowest BCUT2D eigenvalue weighted by Gasteiger charge is -2.39. The maximum absolute atomic E-state index is 12.8. The molecule has 5 heteroatoms. The van der Waals surface area contributed by atoms with Gasteiger partial charge in [0.25, 0.3) is 0 Å². The van der Waals surface area contributed by atoms with Crippen LogP contribution in [-0.2, 0) is 13.6 Å². The molecule has 1 aliphatic rings. The summed E-state index contributed by atoms with van der Waals surface area (Å²) in [5, 5.41) is 0. The molecule has 0 spiro atoms. The van der Waals surface area contributed by atoms with Crippen LogP contribution in [0.15, 0.2) is 12.2 Å². The Kier molecular flexibility index (Phi) is 2.68. The summed E-state index contributed by atoms with van der Waals surface area (Å²) in [6.45, 7) is 9.16. The highest BCUT2D eigenvalue weighted by Gasteiger charge is 2.45. The zero-order valence-corrected chi connectivity index (χ0v) is 8.94. The predicted octanol–water partition coefficient (Wildman–Crippen LogP) is 3.08. The number of hydrogen-bond acceptors (Lipinski definition) is 3. The molecule has 13 heavy (non-hydrogen) atoms. The molecule has 0 amide bonds. The van der Waals surface area contributed by atoms with Crippen LogP contribution >= 0.6 is 7.91 Å². The monoisotopic (exact) mass is 208 g/mol. The lowest BCUT2D eigenvalue weighted by molar-refractivity contribution is -0.0165.